The molecule has 1 aliphatic heterocycles. The number of carbonyl (C=O) groups is 1. The summed E-state index contributed by atoms with van der Waals surface area (Å²) in [7, 11) is -3.69. The number of anilines is 1. The zero-order valence-electron chi connectivity index (χ0n) is 16.7. The fraction of sp³-hybridized carbons (Fsp3) is 0.409. The highest BCUT2D eigenvalue weighted by molar-refractivity contribution is 7.89. The lowest BCUT2D eigenvalue weighted by molar-refractivity contribution is -0.117. The van der Waals surface area contributed by atoms with Gasteiger partial charge in [-0.25, -0.2) is 13.1 Å². The van der Waals surface area contributed by atoms with E-state index in [1.807, 2.05) is 30.3 Å². The van der Waals surface area contributed by atoms with E-state index in [0.29, 0.717) is 30.9 Å². The van der Waals surface area contributed by atoms with Crippen molar-refractivity contribution >= 4 is 21.6 Å². The van der Waals surface area contributed by atoms with Crippen LogP contribution in [0.4, 0.5) is 5.69 Å². The predicted octanol–water partition coefficient (Wildman–Crippen LogP) is 4.19. The van der Waals surface area contributed by atoms with E-state index in [1.54, 1.807) is 30.0 Å². The van der Waals surface area contributed by atoms with E-state index < -0.39 is 10.0 Å². The van der Waals surface area contributed by atoms with Crippen LogP contribution in [0.2, 0.25) is 0 Å². The molecule has 1 fully saturated rings. The number of nitrogens with one attached hydrogen (secondary N) is 1. The smallest absolute Gasteiger partial charge is 0.241 e. The minimum atomic E-state index is -3.69. The molecule has 0 radical (unpaired) electrons. The molecular weight excluding hydrogens is 372 g/mol. The van der Waals surface area contributed by atoms with Crippen LogP contribution in [0.25, 0.3) is 0 Å². The molecule has 0 bridgehead atoms. The van der Waals surface area contributed by atoms with E-state index in [1.165, 1.54) is 0 Å². The Morgan fingerprint density at radius 3 is 2.39 bits per heavy atom. The number of amides is 1. The van der Waals surface area contributed by atoms with Gasteiger partial charge in [-0.1, -0.05) is 44.2 Å². The van der Waals surface area contributed by atoms with Gasteiger partial charge in [0.15, 0.2) is 0 Å². The SMILES string of the molecule is Cc1cc(N2CCCC2=O)ccc1S(=O)(=O)NC(CC(C)C)c1ccccc1. The molecule has 0 spiro atoms. The number of rotatable bonds is 7. The summed E-state index contributed by atoms with van der Waals surface area (Å²) >= 11 is 0. The van der Waals surface area contributed by atoms with Crippen LogP contribution in [-0.2, 0) is 14.8 Å². The number of hydrogen-bond donors (Lipinski definition) is 1. The lowest BCUT2D eigenvalue weighted by Crippen LogP contribution is -2.30. The highest BCUT2D eigenvalue weighted by Gasteiger charge is 2.26. The van der Waals surface area contributed by atoms with Gasteiger partial charge in [0.05, 0.1) is 4.90 Å². The third kappa shape index (κ3) is 4.62. The quantitative estimate of drug-likeness (QED) is 0.758. The lowest BCUT2D eigenvalue weighted by atomic mass is 9.98. The first-order valence-electron chi connectivity index (χ1n) is 9.76. The van der Waals surface area contributed by atoms with Gasteiger partial charge in [-0.3, -0.25) is 4.79 Å². The summed E-state index contributed by atoms with van der Waals surface area (Å²) in [5, 5.41) is 0. The summed E-state index contributed by atoms with van der Waals surface area (Å²) in [5.74, 6) is 0.437. The van der Waals surface area contributed by atoms with Crippen molar-refractivity contribution in [2.45, 2.75) is 51.0 Å². The van der Waals surface area contributed by atoms with Crippen LogP contribution in [0, 0.1) is 12.8 Å². The molecule has 1 unspecified atom stereocenters. The van der Waals surface area contributed by atoms with Crippen molar-refractivity contribution < 1.29 is 13.2 Å². The molecule has 1 atom stereocenters. The standard InChI is InChI=1S/C22H28N2O3S/c1-16(2)14-20(18-8-5-4-6-9-18)23-28(26,27)21-12-11-19(15-17(21)3)24-13-7-10-22(24)25/h4-6,8-9,11-12,15-16,20,23H,7,10,13-14H2,1-3H3. The number of aryl methyl sites for hydroxylation is 1. The van der Waals surface area contributed by atoms with E-state index in [9.17, 15) is 13.2 Å². The van der Waals surface area contributed by atoms with Gasteiger partial charge in [0.1, 0.15) is 0 Å². The summed E-state index contributed by atoms with van der Waals surface area (Å²) in [6, 6.07) is 14.5. The van der Waals surface area contributed by atoms with Gasteiger partial charge in [0.25, 0.3) is 0 Å². The molecule has 28 heavy (non-hydrogen) atoms. The third-order valence-electron chi connectivity index (χ3n) is 5.04. The van der Waals surface area contributed by atoms with Gasteiger partial charge in [-0.05, 0) is 55.0 Å². The number of nitrogens with zero attached hydrogens (tertiary/aromatic N) is 1. The Hall–Kier alpha value is -2.18. The molecule has 0 aliphatic carbocycles. The predicted molar refractivity (Wildman–Crippen MR) is 112 cm³/mol. The van der Waals surface area contributed by atoms with Crippen LogP contribution < -0.4 is 9.62 Å². The van der Waals surface area contributed by atoms with Crippen LogP contribution in [0.15, 0.2) is 53.4 Å². The lowest BCUT2D eigenvalue weighted by Gasteiger charge is -2.22. The van der Waals surface area contributed by atoms with Crippen molar-refractivity contribution in [1.82, 2.24) is 4.72 Å². The molecule has 6 heteroatoms. The number of benzene rings is 2. The number of carbonyl (C=O) groups excluding carboxylic acids is 1. The van der Waals surface area contributed by atoms with Gasteiger partial charge < -0.3 is 4.90 Å². The van der Waals surface area contributed by atoms with E-state index in [2.05, 4.69) is 18.6 Å². The monoisotopic (exact) mass is 400 g/mol. The maximum Gasteiger partial charge on any atom is 0.241 e. The minimum Gasteiger partial charge on any atom is -0.312 e. The van der Waals surface area contributed by atoms with Crippen LogP contribution in [0.1, 0.15) is 50.3 Å². The van der Waals surface area contributed by atoms with Gasteiger partial charge in [-0.2, -0.15) is 0 Å². The van der Waals surface area contributed by atoms with E-state index in [4.69, 9.17) is 0 Å². The second kappa shape index (κ2) is 8.45. The fourth-order valence-electron chi connectivity index (χ4n) is 3.68. The highest BCUT2D eigenvalue weighted by Crippen LogP contribution is 2.28. The van der Waals surface area contributed by atoms with Crippen molar-refractivity contribution in [3.63, 3.8) is 0 Å². The second-order valence-corrected chi connectivity index (χ2v) is 9.50. The Morgan fingerprint density at radius 2 is 1.82 bits per heavy atom. The molecule has 1 amide bonds. The Bertz CT molecular complexity index is 940. The molecule has 1 saturated heterocycles. The molecule has 1 N–H and O–H groups in total. The fourth-order valence-corrected chi connectivity index (χ4v) is 5.15. The topological polar surface area (TPSA) is 66.5 Å². The molecule has 2 aromatic carbocycles. The first-order chi connectivity index (χ1) is 13.3. The van der Waals surface area contributed by atoms with Crippen molar-refractivity contribution in [1.29, 1.82) is 0 Å². The minimum absolute atomic E-state index is 0.0919. The molecule has 1 aliphatic rings. The Morgan fingerprint density at radius 1 is 1.11 bits per heavy atom. The van der Waals surface area contributed by atoms with Gasteiger partial charge in [0, 0.05) is 24.7 Å². The van der Waals surface area contributed by atoms with Gasteiger partial charge in [-0.15, -0.1) is 0 Å². The molecule has 1 heterocycles. The maximum absolute atomic E-state index is 13.1. The second-order valence-electron chi connectivity index (χ2n) is 7.81. The van der Waals surface area contributed by atoms with Gasteiger partial charge in [0.2, 0.25) is 15.9 Å². The first-order valence-corrected chi connectivity index (χ1v) is 11.2. The van der Waals surface area contributed by atoms with Crippen molar-refractivity contribution in [2.24, 2.45) is 5.92 Å². The van der Waals surface area contributed by atoms with E-state index in [0.717, 1.165) is 17.7 Å². The zero-order valence-corrected chi connectivity index (χ0v) is 17.5. The number of sulfonamides is 1. The number of hydrogen-bond acceptors (Lipinski definition) is 3. The normalized spacial score (nSPS) is 16.0. The molecule has 0 saturated carbocycles. The first kappa shape index (κ1) is 20.6. The summed E-state index contributed by atoms with van der Waals surface area (Å²) in [5.41, 5.74) is 2.36. The molecule has 0 aromatic heterocycles. The van der Waals surface area contributed by atoms with Crippen LogP contribution in [0.3, 0.4) is 0 Å². The average molecular weight is 401 g/mol. The summed E-state index contributed by atoms with van der Waals surface area (Å²) in [4.78, 5) is 13.9. The molecular formula is C22H28N2O3S. The molecule has 5 nitrogen and oxygen atoms in total. The maximum atomic E-state index is 13.1. The average Bonchev–Trinajstić information content (AvgIpc) is 3.07. The van der Waals surface area contributed by atoms with Gasteiger partial charge >= 0.3 is 0 Å². The van der Waals surface area contributed by atoms with Crippen LogP contribution in [0.5, 0.6) is 0 Å². The summed E-state index contributed by atoms with van der Waals surface area (Å²) in [6.45, 7) is 6.63. The van der Waals surface area contributed by atoms with Crippen LogP contribution >= 0.6 is 0 Å². The summed E-state index contributed by atoms with van der Waals surface area (Å²) in [6.07, 6.45) is 2.10. The van der Waals surface area contributed by atoms with Crippen molar-refractivity contribution in [3.05, 3.63) is 59.7 Å². The Kier molecular flexibility index (Phi) is 6.20. The third-order valence-corrected chi connectivity index (χ3v) is 6.67. The van der Waals surface area contributed by atoms with Crippen molar-refractivity contribution in [3.8, 4) is 0 Å². The zero-order chi connectivity index (χ0) is 20.3. The summed E-state index contributed by atoms with van der Waals surface area (Å²) < 4.78 is 29.1. The Labute approximate surface area is 167 Å². The highest BCUT2D eigenvalue weighted by atomic mass is 32.2. The van der Waals surface area contributed by atoms with Crippen molar-refractivity contribution in [2.75, 3.05) is 11.4 Å². The Balaban J connectivity index is 1.87. The van der Waals surface area contributed by atoms with Crippen LogP contribution in [-0.4, -0.2) is 20.9 Å². The van der Waals surface area contributed by atoms with E-state index >= 15 is 0 Å². The molecule has 2 aromatic rings. The van der Waals surface area contributed by atoms with E-state index in [-0.39, 0.29) is 16.8 Å². The molecule has 150 valence electrons. The molecule has 3 rings (SSSR count). The largest absolute Gasteiger partial charge is 0.312 e.